The second kappa shape index (κ2) is 4.86. The first-order chi connectivity index (χ1) is 9.24. The molecule has 0 N–H and O–H groups in total. The van der Waals surface area contributed by atoms with Crippen LogP contribution in [0.15, 0.2) is 30.3 Å². The average Bonchev–Trinajstić information content (AvgIpc) is 2.89. The van der Waals surface area contributed by atoms with E-state index in [9.17, 15) is 4.79 Å². The highest BCUT2D eigenvalue weighted by Gasteiger charge is 2.24. The third-order valence-electron chi connectivity index (χ3n) is 3.93. The molecule has 0 saturated carbocycles. The number of esters is 1. The number of carbonyl (C=O) groups is 1. The molecule has 3 heteroatoms. The Labute approximate surface area is 117 Å². The van der Waals surface area contributed by atoms with Crippen LogP contribution in [0.2, 0.25) is 0 Å². The lowest BCUT2D eigenvalue weighted by Crippen LogP contribution is -2.02. The molecule has 3 rings (SSSR count). The highest BCUT2D eigenvalue weighted by Crippen LogP contribution is 2.39. The minimum absolute atomic E-state index is 0.292. The summed E-state index contributed by atoms with van der Waals surface area (Å²) in [6, 6.07) is 10.0. The summed E-state index contributed by atoms with van der Waals surface area (Å²) in [6.07, 6.45) is 2.17. The van der Waals surface area contributed by atoms with Crippen LogP contribution in [0, 0.1) is 0 Å². The SMILES string of the molecule is COC(=O)c1ccc2ccc3c(c2c1)C(CCl)CC3. The first-order valence-corrected chi connectivity index (χ1v) is 6.98. The predicted octanol–water partition coefficient (Wildman–Crippen LogP) is 3.90. The van der Waals surface area contributed by atoms with E-state index >= 15 is 0 Å². The number of alkyl halides is 1. The molecule has 0 radical (unpaired) electrons. The first kappa shape index (κ1) is 12.5. The van der Waals surface area contributed by atoms with E-state index in [0.717, 1.165) is 23.6 Å². The summed E-state index contributed by atoms with van der Waals surface area (Å²) in [4.78, 5) is 11.7. The Kier molecular flexibility index (Phi) is 3.19. The Morgan fingerprint density at radius 2 is 2.16 bits per heavy atom. The van der Waals surface area contributed by atoms with E-state index < -0.39 is 0 Å². The molecule has 1 atom stereocenters. The number of aryl methyl sites for hydroxylation is 1. The van der Waals surface area contributed by atoms with Gasteiger partial charge in [-0.05, 0) is 52.8 Å². The second-order valence-corrected chi connectivity index (χ2v) is 5.26. The van der Waals surface area contributed by atoms with Crippen molar-refractivity contribution in [3.8, 4) is 0 Å². The molecule has 2 aromatic carbocycles. The lowest BCUT2D eigenvalue weighted by molar-refractivity contribution is 0.0601. The number of hydrogen-bond donors (Lipinski definition) is 0. The van der Waals surface area contributed by atoms with E-state index in [-0.39, 0.29) is 5.97 Å². The van der Waals surface area contributed by atoms with E-state index in [0.29, 0.717) is 17.4 Å². The quantitative estimate of drug-likeness (QED) is 0.613. The Morgan fingerprint density at radius 1 is 1.37 bits per heavy atom. The van der Waals surface area contributed by atoms with Crippen LogP contribution in [0.1, 0.15) is 33.8 Å². The zero-order chi connectivity index (χ0) is 13.4. The number of ether oxygens (including phenoxy) is 1. The number of rotatable bonds is 2. The van der Waals surface area contributed by atoms with Gasteiger partial charge in [0.2, 0.25) is 0 Å². The largest absolute Gasteiger partial charge is 0.465 e. The minimum atomic E-state index is -0.292. The normalized spacial score (nSPS) is 17.5. The van der Waals surface area contributed by atoms with Crippen molar-refractivity contribution in [3.63, 3.8) is 0 Å². The van der Waals surface area contributed by atoms with E-state index in [4.69, 9.17) is 16.3 Å². The van der Waals surface area contributed by atoms with Crippen molar-refractivity contribution in [2.75, 3.05) is 13.0 Å². The van der Waals surface area contributed by atoms with Crippen molar-refractivity contribution in [1.82, 2.24) is 0 Å². The molecule has 0 bridgehead atoms. The Hall–Kier alpha value is -1.54. The van der Waals surface area contributed by atoms with Crippen molar-refractivity contribution < 1.29 is 9.53 Å². The molecule has 2 aromatic rings. The molecule has 0 amide bonds. The molecule has 0 fully saturated rings. The van der Waals surface area contributed by atoms with Gasteiger partial charge in [-0.2, -0.15) is 0 Å². The van der Waals surface area contributed by atoms with Gasteiger partial charge in [-0.3, -0.25) is 0 Å². The number of hydrogen-bond acceptors (Lipinski definition) is 2. The van der Waals surface area contributed by atoms with Gasteiger partial charge in [0, 0.05) is 5.88 Å². The topological polar surface area (TPSA) is 26.3 Å². The van der Waals surface area contributed by atoms with Gasteiger partial charge >= 0.3 is 5.97 Å². The van der Waals surface area contributed by atoms with Crippen molar-refractivity contribution in [3.05, 3.63) is 47.0 Å². The molecule has 0 aromatic heterocycles. The molecular formula is C16H15ClO2. The molecule has 0 aliphatic heterocycles. The molecule has 1 aliphatic carbocycles. The third-order valence-corrected chi connectivity index (χ3v) is 4.30. The zero-order valence-electron chi connectivity index (χ0n) is 10.8. The Morgan fingerprint density at radius 3 is 2.89 bits per heavy atom. The fraction of sp³-hybridized carbons (Fsp3) is 0.312. The van der Waals surface area contributed by atoms with Crippen molar-refractivity contribution >= 4 is 28.3 Å². The maximum absolute atomic E-state index is 11.7. The fourth-order valence-electron chi connectivity index (χ4n) is 2.96. The van der Waals surface area contributed by atoms with Gasteiger partial charge < -0.3 is 4.74 Å². The summed E-state index contributed by atoms with van der Waals surface area (Å²) < 4.78 is 4.79. The lowest BCUT2D eigenvalue weighted by Gasteiger charge is -2.12. The highest BCUT2D eigenvalue weighted by molar-refractivity contribution is 6.18. The zero-order valence-corrected chi connectivity index (χ0v) is 11.5. The average molecular weight is 275 g/mol. The van der Waals surface area contributed by atoms with E-state index in [1.165, 1.54) is 18.2 Å². The molecule has 19 heavy (non-hydrogen) atoms. The van der Waals surface area contributed by atoms with Gasteiger partial charge in [-0.1, -0.05) is 18.2 Å². The lowest BCUT2D eigenvalue weighted by atomic mass is 9.94. The van der Waals surface area contributed by atoms with Gasteiger partial charge in [0.15, 0.2) is 0 Å². The van der Waals surface area contributed by atoms with E-state index in [1.807, 2.05) is 18.2 Å². The summed E-state index contributed by atoms with van der Waals surface area (Å²) in [6.45, 7) is 0. The summed E-state index contributed by atoms with van der Waals surface area (Å²) in [7, 11) is 1.41. The van der Waals surface area contributed by atoms with Crippen molar-refractivity contribution in [2.45, 2.75) is 18.8 Å². The molecule has 98 valence electrons. The highest BCUT2D eigenvalue weighted by atomic mass is 35.5. The van der Waals surface area contributed by atoms with Crippen LogP contribution >= 0.6 is 11.6 Å². The summed E-state index contributed by atoms with van der Waals surface area (Å²) in [5.41, 5.74) is 3.28. The first-order valence-electron chi connectivity index (χ1n) is 6.44. The summed E-state index contributed by atoms with van der Waals surface area (Å²) in [5, 5.41) is 2.30. The van der Waals surface area contributed by atoms with E-state index in [2.05, 4.69) is 12.1 Å². The van der Waals surface area contributed by atoms with Crippen molar-refractivity contribution in [2.24, 2.45) is 0 Å². The summed E-state index contributed by atoms with van der Waals surface area (Å²) in [5.74, 6) is 0.738. The van der Waals surface area contributed by atoms with Crippen LogP contribution in [0.4, 0.5) is 0 Å². The number of methoxy groups -OCH3 is 1. The molecule has 1 aliphatic rings. The van der Waals surface area contributed by atoms with Crippen LogP contribution in [0.25, 0.3) is 10.8 Å². The monoisotopic (exact) mass is 274 g/mol. The van der Waals surface area contributed by atoms with Gasteiger partial charge in [0.1, 0.15) is 0 Å². The van der Waals surface area contributed by atoms with Crippen LogP contribution < -0.4 is 0 Å². The van der Waals surface area contributed by atoms with Crippen LogP contribution in [0.5, 0.6) is 0 Å². The number of fused-ring (bicyclic) bond motifs is 3. The van der Waals surface area contributed by atoms with Gasteiger partial charge in [0.25, 0.3) is 0 Å². The third kappa shape index (κ3) is 2.00. The summed E-state index contributed by atoms with van der Waals surface area (Å²) >= 11 is 6.07. The maximum Gasteiger partial charge on any atom is 0.337 e. The molecule has 0 saturated heterocycles. The van der Waals surface area contributed by atoms with Crippen LogP contribution in [-0.4, -0.2) is 19.0 Å². The smallest absolute Gasteiger partial charge is 0.337 e. The minimum Gasteiger partial charge on any atom is -0.465 e. The number of carbonyl (C=O) groups excluding carboxylic acids is 1. The maximum atomic E-state index is 11.7. The molecule has 1 unspecified atom stereocenters. The molecular weight excluding hydrogens is 260 g/mol. The van der Waals surface area contributed by atoms with E-state index in [1.54, 1.807) is 0 Å². The predicted molar refractivity (Wildman–Crippen MR) is 77.1 cm³/mol. The van der Waals surface area contributed by atoms with Gasteiger partial charge in [-0.25, -0.2) is 4.79 Å². The van der Waals surface area contributed by atoms with Gasteiger partial charge in [-0.15, -0.1) is 11.6 Å². The Balaban J connectivity index is 2.23. The van der Waals surface area contributed by atoms with Gasteiger partial charge in [0.05, 0.1) is 12.7 Å². The molecule has 2 nitrogen and oxygen atoms in total. The standard InChI is InChI=1S/C16H15ClO2/c1-19-16(18)12-6-3-10-2-4-11-5-7-13(9-17)15(11)14(10)8-12/h2-4,6,8,13H,5,7,9H2,1H3. The van der Waals surface area contributed by atoms with Crippen LogP contribution in [-0.2, 0) is 11.2 Å². The van der Waals surface area contributed by atoms with Crippen LogP contribution in [0.3, 0.4) is 0 Å². The molecule has 0 spiro atoms. The second-order valence-electron chi connectivity index (χ2n) is 4.96. The fourth-order valence-corrected chi connectivity index (χ4v) is 3.27. The number of halogens is 1. The molecule has 0 heterocycles. The Bertz CT molecular complexity index is 648. The van der Waals surface area contributed by atoms with Crippen molar-refractivity contribution in [1.29, 1.82) is 0 Å². The number of benzene rings is 2.